The highest BCUT2D eigenvalue weighted by atomic mass is 32.2. The molecule has 0 heterocycles. The minimum absolute atomic E-state index is 0.176. The number of methoxy groups -OCH3 is 4. The zero-order chi connectivity index (χ0) is 20.7. The van der Waals surface area contributed by atoms with Gasteiger partial charge in [-0.2, -0.15) is 0 Å². The lowest BCUT2D eigenvalue weighted by molar-refractivity contribution is -0.115. The zero-order valence-electron chi connectivity index (χ0n) is 16.4. The van der Waals surface area contributed by atoms with E-state index in [1.54, 1.807) is 14.0 Å². The first-order valence-corrected chi connectivity index (χ1v) is 9.27. The number of hydrogen-bond donors (Lipinski definition) is 1. The second kappa shape index (κ2) is 9.89. The van der Waals surface area contributed by atoms with Crippen LogP contribution in [0.2, 0.25) is 0 Å². The van der Waals surface area contributed by atoms with E-state index in [2.05, 4.69) is 5.32 Å². The number of benzene rings is 2. The third-order valence-electron chi connectivity index (χ3n) is 3.93. The smallest absolute Gasteiger partial charge is 0.340 e. The minimum Gasteiger partial charge on any atom is -0.497 e. The number of anilines is 1. The normalized spacial score (nSPS) is 11.3. The molecule has 28 heavy (non-hydrogen) atoms. The molecule has 2 aromatic rings. The van der Waals surface area contributed by atoms with Crippen molar-refractivity contribution in [2.45, 2.75) is 17.1 Å². The molecular formula is C20H23NO6S. The summed E-state index contributed by atoms with van der Waals surface area (Å²) in [6.07, 6.45) is 0. The summed E-state index contributed by atoms with van der Waals surface area (Å²) in [5, 5.41) is 2.36. The van der Waals surface area contributed by atoms with Crippen molar-refractivity contribution < 1.29 is 28.5 Å². The van der Waals surface area contributed by atoms with Gasteiger partial charge in [0.25, 0.3) is 0 Å². The molecule has 0 saturated carbocycles. The molecule has 150 valence electrons. The SMILES string of the molecule is COC(=O)c1cc(OC)c(OC)cc1NC(=O)[C@@H](C)Sc1ccc(OC)cc1. The third kappa shape index (κ3) is 5.10. The van der Waals surface area contributed by atoms with Gasteiger partial charge in [0.15, 0.2) is 11.5 Å². The van der Waals surface area contributed by atoms with Crippen LogP contribution >= 0.6 is 11.8 Å². The van der Waals surface area contributed by atoms with Gasteiger partial charge in [0.1, 0.15) is 5.75 Å². The molecule has 0 spiro atoms. The summed E-state index contributed by atoms with van der Waals surface area (Å²) in [7, 11) is 5.81. The van der Waals surface area contributed by atoms with E-state index in [9.17, 15) is 9.59 Å². The van der Waals surface area contributed by atoms with Gasteiger partial charge in [-0.15, -0.1) is 11.8 Å². The monoisotopic (exact) mass is 405 g/mol. The molecule has 1 amide bonds. The average molecular weight is 405 g/mol. The van der Waals surface area contributed by atoms with Crippen molar-refractivity contribution in [1.29, 1.82) is 0 Å². The van der Waals surface area contributed by atoms with E-state index in [1.807, 2.05) is 24.3 Å². The first kappa shape index (κ1) is 21.4. The number of hydrogen-bond acceptors (Lipinski definition) is 7. The lowest BCUT2D eigenvalue weighted by Gasteiger charge is -2.17. The molecule has 0 saturated heterocycles. The lowest BCUT2D eigenvalue weighted by atomic mass is 10.1. The molecule has 0 aromatic heterocycles. The van der Waals surface area contributed by atoms with Crippen molar-refractivity contribution in [2.75, 3.05) is 33.8 Å². The molecule has 0 aliphatic rings. The van der Waals surface area contributed by atoms with Gasteiger partial charge in [-0.05, 0) is 31.2 Å². The summed E-state index contributed by atoms with van der Waals surface area (Å²) >= 11 is 1.39. The largest absolute Gasteiger partial charge is 0.497 e. The van der Waals surface area contributed by atoms with E-state index in [0.717, 1.165) is 10.6 Å². The van der Waals surface area contributed by atoms with Gasteiger partial charge in [0, 0.05) is 17.0 Å². The fraction of sp³-hybridized carbons (Fsp3) is 0.300. The number of nitrogens with one attached hydrogen (secondary N) is 1. The Labute approximate surface area is 168 Å². The van der Waals surface area contributed by atoms with Crippen LogP contribution in [0.5, 0.6) is 17.2 Å². The van der Waals surface area contributed by atoms with Gasteiger partial charge in [-0.25, -0.2) is 4.79 Å². The van der Waals surface area contributed by atoms with Gasteiger partial charge in [0.05, 0.1) is 44.9 Å². The molecule has 0 radical (unpaired) electrons. The standard InChI is InChI=1S/C20H23NO6S/c1-12(28-14-8-6-13(24-2)7-9-14)19(22)21-16-11-18(26-4)17(25-3)10-15(16)20(23)27-5/h6-12H,1-5H3,(H,21,22)/t12-/m1/s1. The summed E-state index contributed by atoms with van der Waals surface area (Å²) < 4.78 is 20.4. The second-order valence-electron chi connectivity index (χ2n) is 5.67. The van der Waals surface area contributed by atoms with Gasteiger partial charge < -0.3 is 24.3 Å². The van der Waals surface area contributed by atoms with Crippen LogP contribution in [-0.2, 0) is 9.53 Å². The zero-order valence-corrected chi connectivity index (χ0v) is 17.2. The quantitative estimate of drug-likeness (QED) is 0.530. The predicted molar refractivity (Wildman–Crippen MR) is 108 cm³/mol. The van der Waals surface area contributed by atoms with E-state index in [4.69, 9.17) is 18.9 Å². The Balaban J connectivity index is 2.21. The van der Waals surface area contributed by atoms with E-state index >= 15 is 0 Å². The Morgan fingerprint density at radius 1 is 0.929 bits per heavy atom. The Morgan fingerprint density at radius 3 is 2.07 bits per heavy atom. The van der Waals surface area contributed by atoms with Gasteiger partial charge in [-0.1, -0.05) is 0 Å². The van der Waals surface area contributed by atoms with Crippen LogP contribution in [0.4, 0.5) is 5.69 Å². The summed E-state index contributed by atoms with van der Waals surface area (Å²) in [5.41, 5.74) is 0.465. The highest BCUT2D eigenvalue weighted by Gasteiger charge is 2.21. The van der Waals surface area contributed by atoms with Crippen LogP contribution in [0.3, 0.4) is 0 Å². The summed E-state index contributed by atoms with van der Waals surface area (Å²) in [5.74, 6) is 0.641. The number of carbonyl (C=O) groups is 2. The molecule has 0 fully saturated rings. The van der Waals surface area contributed by atoms with Gasteiger partial charge >= 0.3 is 5.97 Å². The van der Waals surface area contributed by atoms with Crippen molar-refractivity contribution in [2.24, 2.45) is 0 Å². The molecule has 8 heteroatoms. The van der Waals surface area contributed by atoms with Crippen LogP contribution in [0.15, 0.2) is 41.3 Å². The van der Waals surface area contributed by atoms with Crippen LogP contribution < -0.4 is 19.5 Å². The maximum absolute atomic E-state index is 12.7. The summed E-state index contributed by atoms with van der Waals surface area (Å²) in [4.78, 5) is 25.7. The van der Waals surface area contributed by atoms with Gasteiger partial charge in [-0.3, -0.25) is 4.79 Å². The van der Waals surface area contributed by atoms with Crippen LogP contribution in [0, 0.1) is 0 Å². The predicted octanol–water partition coefficient (Wildman–Crippen LogP) is 3.62. The van der Waals surface area contributed by atoms with E-state index in [1.165, 1.54) is 45.2 Å². The second-order valence-corrected chi connectivity index (χ2v) is 7.08. The van der Waals surface area contributed by atoms with Crippen LogP contribution in [0.1, 0.15) is 17.3 Å². The molecule has 0 unspecified atom stereocenters. The molecule has 0 aliphatic heterocycles. The number of thioether (sulfide) groups is 1. The van der Waals surface area contributed by atoms with Crippen molar-refractivity contribution in [3.05, 3.63) is 42.0 Å². The Hall–Kier alpha value is -2.87. The maximum Gasteiger partial charge on any atom is 0.340 e. The highest BCUT2D eigenvalue weighted by molar-refractivity contribution is 8.00. The van der Waals surface area contributed by atoms with Crippen molar-refractivity contribution in [3.63, 3.8) is 0 Å². The third-order valence-corrected chi connectivity index (χ3v) is 5.04. The topological polar surface area (TPSA) is 83.1 Å². The lowest BCUT2D eigenvalue weighted by Crippen LogP contribution is -2.24. The molecule has 7 nitrogen and oxygen atoms in total. The van der Waals surface area contributed by atoms with Gasteiger partial charge in [0.2, 0.25) is 5.91 Å². The minimum atomic E-state index is -0.591. The average Bonchev–Trinajstić information content (AvgIpc) is 2.73. The molecular weight excluding hydrogens is 382 g/mol. The maximum atomic E-state index is 12.7. The number of esters is 1. The molecule has 1 atom stereocenters. The number of ether oxygens (including phenoxy) is 4. The summed E-state index contributed by atoms with van der Waals surface area (Å²) in [6.45, 7) is 1.78. The fourth-order valence-electron chi connectivity index (χ4n) is 2.41. The first-order valence-electron chi connectivity index (χ1n) is 8.39. The number of carbonyl (C=O) groups excluding carboxylic acids is 2. The van der Waals surface area contributed by atoms with Crippen molar-refractivity contribution in [1.82, 2.24) is 0 Å². The molecule has 1 N–H and O–H groups in total. The molecule has 2 rings (SSSR count). The molecule has 2 aromatic carbocycles. The Bertz CT molecular complexity index is 837. The fourth-order valence-corrected chi connectivity index (χ4v) is 3.27. The van der Waals surface area contributed by atoms with E-state index in [-0.39, 0.29) is 17.2 Å². The van der Waals surface area contributed by atoms with Crippen molar-refractivity contribution >= 4 is 29.3 Å². The number of amides is 1. The van der Waals surface area contributed by atoms with Crippen LogP contribution in [-0.4, -0.2) is 45.6 Å². The van der Waals surface area contributed by atoms with E-state index in [0.29, 0.717) is 11.5 Å². The summed E-state index contributed by atoms with van der Waals surface area (Å²) in [6, 6.07) is 10.4. The number of rotatable bonds is 8. The molecule has 0 aliphatic carbocycles. The molecule has 0 bridgehead atoms. The Morgan fingerprint density at radius 2 is 1.54 bits per heavy atom. The van der Waals surface area contributed by atoms with Crippen molar-refractivity contribution in [3.8, 4) is 17.2 Å². The first-order chi connectivity index (χ1) is 13.4. The van der Waals surface area contributed by atoms with E-state index < -0.39 is 11.2 Å². The highest BCUT2D eigenvalue weighted by Crippen LogP contribution is 2.34. The van der Waals surface area contributed by atoms with Crippen LogP contribution in [0.25, 0.3) is 0 Å². The Kier molecular flexibility index (Phi) is 7.57.